The van der Waals surface area contributed by atoms with Crippen molar-refractivity contribution in [3.63, 3.8) is 0 Å². The van der Waals surface area contributed by atoms with Gasteiger partial charge in [0, 0.05) is 18.2 Å². The highest BCUT2D eigenvalue weighted by Gasteiger charge is 2.04. The van der Waals surface area contributed by atoms with E-state index < -0.39 is 4.92 Å². The number of hydrogen-bond donors (Lipinski definition) is 0. The minimum Gasteiger partial charge on any atom is -0.868 e. The van der Waals surface area contributed by atoms with Gasteiger partial charge in [-0.25, -0.2) is 0 Å². The van der Waals surface area contributed by atoms with Crippen LogP contribution in [0.5, 0.6) is 0 Å². The van der Waals surface area contributed by atoms with Crippen LogP contribution in [-0.2, 0) is 0 Å². The molecule has 2 rings (SSSR count). The molecule has 6 nitrogen and oxygen atoms in total. The van der Waals surface area contributed by atoms with E-state index in [1.54, 1.807) is 24.5 Å². The molecule has 6 heteroatoms. The number of nitro groups is 1. The molecule has 0 aliphatic rings. The van der Waals surface area contributed by atoms with E-state index in [0.29, 0.717) is 5.56 Å². The van der Waals surface area contributed by atoms with Crippen LogP contribution in [0.2, 0.25) is 0 Å². The summed E-state index contributed by atoms with van der Waals surface area (Å²) in [4.78, 5) is 9.96. The van der Waals surface area contributed by atoms with Gasteiger partial charge in [-0.1, -0.05) is 4.68 Å². The molecule has 0 aliphatic carbocycles. The van der Waals surface area contributed by atoms with Gasteiger partial charge in [0.25, 0.3) is 5.69 Å². The van der Waals surface area contributed by atoms with E-state index in [1.807, 2.05) is 0 Å². The molecule has 0 saturated carbocycles. The molecule has 0 aliphatic heterocycles. The van der Waals surface area contributed by atoms with Crippen molar-refractivity contribution in [1.29, 1.82) is 0 Å². The second-order valence-electron chi connectivity index (χ2n) is 3.48. The summed E-state index contributed by atoms with van der Waals surface area (Å²) >= 11 is 0. The Kier molecular flexibility index (Phi) is 3.29. The first-order valence-electron chi connectivity index (χ1n) is 5.13. The van der Waals surface area contributed by atoms with E-state index in [1.165, 1.54) is 35.1 Å². The molecule has 0 bridgehead atoms. The van der Waals surface area contributed by atoms with Gasteiger partial charge in [0.05, 0.1) is 11.1 Å². The number of rotatable bonds is 3. The molecule has 90 valence electrons. The summed E-state index contributed by atoms with van der Waals surface area (Å²) in [7, 11) is 0. The summed E-state index contributed by atoms with van der Waals surface area (Å²) in [5.74, 6) is -0.270. The van der Waals surface area contributed by atoms with Gasteiger partial charge < -0.3 is 5.11 Å². The maximum atomic E-state index is 11.8. The lowest BCUT2D eigenvalue weighted by Crippen LogP contribution is -2.31. The third kappa shape index (κ3) is 2.67. The van der Waals surface area contributed by atoms with Crippen LogP contribution in [0.15, 0.2) is 48.8 Å². The SMILES string of the molecule is O=[N+]([O-])c1ccc(/C([O-])=C/[n+]2ccccn2)cc1. The van der Waals surface area contributed by atoms with Crippen LogP contribution in [0.3, 0.4) is 0 Å². The van der Waals surface area contributed by atoms with E-state index in [9.17, 15) is 15.2 Å². The average Bonchev–Trinajstić information content (AvgIpc) is 2.40. The first-order chi connectivity index (χ1) is 8.66. The van der Waals surface area contributed by atoms with Crippen molar-refractivity contribution in [3.8, 4) is 0 Å². The lowest BCUT2D eigenvalue weighted by atomic mass is 10.2. The molecule has 0 fully saturated rings. The van der Waals surface area contributed by atoms with Crippen molar-refractivity contribution in [3.05, 3.63) is 64.5 Å². The zero-order valence-corrected chi connectivity index (χ0v) is 9.26. The Morgan fingerprint density at radius 2 is 2.00 bits per heavy atom. The molecule has 1 aromatic heterocycles. The molecule has 0 saturated heterocycles. The van der Waals surface area contributed by atoms with E-state index in [0.717, 1.165) is 0 Å². The largest absolute Gasteiger partial charge is 0.868 e. The number of non-ortho nitro benzene ring substituents is 1. The summed E-state index contributed by atoms with van der Waals surface area (Å²) < 4.78 is 1.38. The number of nitro benzene ring substituents is 1. The van der Waals surface area contributed by atoms with Gasteiger partial charge in [-0.05, 0) is 34.6 Å². The van der Waals surface area contributed by atoms with Crippen LogP contribution in [-0.4, -0.2) is 10.0 Å². The molecule has 0 amide bonds. The molecule has 1 heterocycles. The van der Waals surface area contributed by atoms with Crippen molar-refractivity contribution >= 4 is 17.6 Å². The van der Waals surface area contributed by atoms with Crippen LogP contribution < -0.4 is 9.79 Å². The van der Waals surface area contributed by atoms with Gasteiger partial charge in [0.1, 0.15) is 0 Å². The van der Waals surface area contributed by atoms with E-state index >= 15 is 0 Å². The van der Waals surface area contributed by atoms with Crippen LogP contribution in [0.1, 0.15) is 5.56 Å². The van der Waals surface area contributed by atoms with Gasteiger partial charge in [-0.3, -0.25) is 10.1 Å². The first-order valence-corrected chi connectivity index (χ1v) is 5.13. The summed E-state index contributed by atoms with van der Waals surface area (Å²) in [6.45, 7) is 0. The highest BCUT2D eigenvalue weighted by Crippen LogP contribution is 2.15. The summed E-state index contributed by atoms with van der Waals surface area (Å²) in [6, 6.07) is 8.91. The summed E-state index contributed by atoms with van der Waals surface area (Å²) in [5, 5.41) is 26.2. The zero-order valence-electron chi connectivity index (χ0n) is 9.26. The lowest BCUT2D eigenvalue weighted by Gasteiger charge is -2.07. The van der Waals surface area contributed by atoms with Gasteiger partial charge in [-0.2, -0.15) is 0 Å². The molecule has 1 aromatic carbocycles. The fourth-order valence-corrected chi connectivity index (χ4v) is 1.36. The van der Waals surface area contributed by atoms with Crippen molar-refractivity contribution in [2.24, 2.45) is 0 Å². The normalized spacial score (nSPS) is 11.2. The minimum absolute atomic E-state index is 0.0444. The molecule has 0 spiro atoms. The van der Waals surface area contributed by atoms with Gasteiger partial charge in [0.2, 0.25) is 6.20 Å². The average molecular weight is 243 g/mol. The van der Waals surface area contributed by atoms with Crippen molar-refractivity contribution in [2.45, 2.75) is 0 Å². The van der Waals surface area contributed by atoms with Crippen LogP contribution in [0.4, 0.5) is 5.69 Å². The lowest BCUT2D eigenvalue weighted by molar-refractivity contribution is -0.635. The standard InChI is InChI=1S/C12H9N3O3/c16-12(9-14-8-2-1-7-13-14)10-3-5-11(6-4-10)15(17)18/h1-9H. The maximum Gasteiger partial charge on any atom is 0.269 e. The highest BCUT2D eigenvalue weighted by molar-refractivity contribution is 5.65. The van der Waals surface area contributed by atoms with Gasteiger partial charge >= 0.3 is 0 Å². The number of benzene rings is 1. The van der Waals surface area contributed by atoms with Crippen LogP contribution >= 0.6 is 0 Å². The van der Waals surface area contributed by atoms with Gasteiger partial charge in [-0.15, -0.1) is 0 Å². The molecule has 18 heavy (non-hydrogen) atoms. The Labute approximate surface area is 103 Å². The van der Waals surface area contributed by atoms with Crippen molar-refractivity contribution in [2.75, 3.05) is 0 Å². The Morgan fingerprint density at radius 1 is 1.28 bits per heavy atom. The van der Waals surface area contributed by atoms with Crippen molar-refractivity contribution in [1.82, 2.24) is 5.10 Å². The Morgan fingerprint density at radius 3 is 2.56 bits per heavy atom. The third-order valence-corrected chi connectivity index (χ3v) is 2.25. The van der Waals surface area contributed by atoms with E-state index in [4.69, 9.17) is 0 Å². The summed E-state index contributed by atoms with van der Waals surface area (Å²) in [5.41, 5.74) is 0.329. The molecule has 2 aromatic rings. The molecule has 0 radical (unpaired) electrons. The fourth-order valence-electron chi connectivity index (χ4n) is 1.36. The summed E-state index contributed by atoms with van der Waals surface area (Å²) in [6.07, 6.45) is 4.49. The smallest absolute Gasteiger partial charge is 0.269 e. The predicted molar refractivity (Wildman–Crippen MR) is 61.7 cm³/mol. The number of nitrogens with zero attached hydrogens (tertiary/aromatic N) is 3. The monoisotopic (exact) mass is 243 g/mol. The van der Waals surface area contributed by atoms with Gasteiger partial charge in [0.15, 0.2) is 6.20 Å². The second-order valence-corrected chi connectivity index (χ2v) is 3.48. The fraction of sp³-hybridized carbons (Fsp3) is 0. The molecule has 0 atom stereocenters. The Balaban J connectivity index is 2.26. The molecular formula is C12H9N3O3. The predicted octanol–water partition coefficient (Wildman–Crippen LogP) is 0.593. The third-order valence-electron chi connectivity index (χ3n) is 2.25. The Hall–Kier alpha value is -2.76. The molecular weight excluding hydrogens is 234 g/mol. The maximum absolute atomic E-state index is 11.8. The molecule has 0 unspecified atom stereocenters. The molecule has 0 N–H and O–H groups in total. The van der Waals surface area contributed by atoms with E-state index in [-0.39, 0.29) is 11.4 Å². The first kappa shape index (κ1) is 11.7. The number of aromatic nitrogens is 2. The highest BCUT2D eigenvalue weighted by atomic mass is 16.6. The van der Waals surface area contributed by atoms with Crippen LogP contribution in [0, 0.1) is 10.1 Å². The number of hydrogen-bond acceptors (Lipinski definition) is 4. The topological polar surface area (TPSA) is 83.0 Å². The zero-order chi connectivity index (χ0) is 13.0. The van der Waals surface area contributed by atoms with Crippen LogP contribution in [0.25, 0.3) is 12.0 Å². The second kappa shape index (κ2) is 5.05. The minimum atomic E-state index is -0.508. The Bertz CT molecular complexity index is 579. The quantitative estimate of drug-likeness (QED) is 0.342. The van der Waals surface area contributed by atoms with Crippen molar-refractivity contribution < 1.29 is 14.7 Å². The van der Waals surface area contributed by atoms with E-state index in [2.05, 4.69) is 5.10 Å².